The molecule has 6 nitrogen and oxygen atoms in total. The Bertz CT molecular complexity index is 1010. The zero-order valence-corrected chi connectivity index (χ0v) is 14.4. The Balaban J connectivity index is 2.00. The predicted molar refractivity (Wildman–Crippen MR) is 92.0 cm³/mol. The SMILES string of the molecule is CC(O)C1(O)Cc2c(O)c3c(c(O)c2CC1F)C(=O)c1ccccc1C3=O. The Labute approximate surface area is 153 Å². The van der Waals surface area contributed by atoms with Crippen LogP contribution in [0.2, 0.25) is 0 Å². The second-order valence-electron chi connectivity index (χ2n) is 7.12. The molecule has 2 aromatic carbocycles. The fourth-order valence-electron chi connectivity index (χ4n) is 3.98. The molecule has 0 fully saturated rings. The summed E-state index contributed by atoms with van der Waals surface area (Å²) >= 11 is 0. The van der Waals surface area contributed by atoms with E-state index in [0.29, 0.717) is 0 Å². The number of phenols is 2. The molecule has 2 aliphatic carbocycles. The fraction of sp³-hybridized carbons (Fsp3) is 0.300. The van der Waals surface area contributed by atoms with Gasteiger partial charge in [0.25, 0.3) is 0 Å². The zero-order valence-electron chi connectivity index (χ0n) is 14.4. The van der Waals surface area contributed by atoms with Crippen molar-refractivity contribution in [3.05, 3.63) is 57.6 Å². The molecule has 7 heteroatoms. The van der Waals surface area contributed by atoms with Crippen molar-refractivity contribution < 1.29 is 34.4 Å². The highest BCUT2D eigenvalue weighted by Gasteiger charge is 2.49. The number of hydrogen-bond acceptors (Lipinski definition) is 6. The van der Waals surface area contributed by atoms with Crippen molar-refractivity contribution in [1.82, 2.24) is 0 Å². The molecular formula is C20H17FO6. The van der Waals surface area contributed by atoms with Crippen LogP contribution in [-0.4, -0.2) is 49.9 Å². The second-order valence-corrected chi connectivity index (χ2v) is 7.12. The van der Waals surface area contributed by atoms with E-state index in [1.165, 1.54) is 19.1 Å². The van der Waals surface area contributed by atoms with Crippen LogP contribution in [0, 0.1) is 0 Å². The van der Waals surface area contributed by atoms with Gasteiger partial charge in [-0.15, -0.1) is 0 Å². The fourth-order valence-corrected chi connectivity index (χ4v) is 3.98. The van der Waals surface area contributed by atoms with Crippen molar-refractivity contribution >= 4 is 11.6 Å². The maximum atomic E-state index is 14.6. The number of halogens is 1. The smallest absolute Gasteiger partial charge is 0.198 e. The minimum Gasteiger partial charge on any atom is -0.507 e. The van der Waals surface area contributed by atoms with Crippen LogP contribution in [0.1, 0.15) is 49.9 Å². The summed E-state index contributed by atoms with van der Waals surface area (Å²) in [7, 11) is 0. The summed E-state index contributed by atoms with van der Waals surface area (Å²) in [4.78, 5) is 25.7. The molecule has 2 aliphatic rings. The molecule has 0 saturated heterocycles. The molecule has 0 aromatic heterocycles. The van der Waals surface area contributed by atoms with Gasteiger partial charge in [-0.2, -0.15) is 0 Å². The maximum absolute atomic E-state index is 14.6. The molecule has 4 rings (SSSR count). The van der Waals surface area contributed by atoms with E-state index in [1.54, 1.807) is 12.1 Å². The summed E-state index contributed by atoms with van der Waals surface area (Å²) in [6.45, 7) is 1.22. The number of benzene rings is 2. The van der Waals surface area contributed by atoms with Crippen molar-refractivity contribution in [2.75, 3.05) is 0 Å². The van der Waals surface area contributed by atoms with Crippen molar-refractivity contribution in [1.29, 1.82) is 0 Å². The molecule has 0 aliphatic heterocycles. The van der Waals surface area contributed by atoms with E-state index < -0.39 is 53.8 Å². The van der Waals surface area contributed by atoms with E-state index in [0.717, 1.165) is 0 Å². The molecule has 27 heavy (non-hydrogen) atoms. The highest BCUT2D eigenvalue weighted by molar-refractivity contribution is 6.30. The first-order chi connectivity index (χ1) is 12.7. The van der Waals surface area contributed by atoms with E-state index >= 15 is 0 Å². The molecule has 4 N–H and O–H groups in total. The summed E-state index contributed by atoms with van der Waals surface area (Å²) in [5.41, 5.74) is -2.78. The summed E-state index contributed by atoms with van der Waals surface area (Å²) in [6, 6.07) is 6.03. The van der Waals surface area contributed by atoms with Gasteiger partial charge in [0.1, 0.15) is 23.3 Å². The zero-order chi connectivity index (χ0) is 19.7. The number of aromatic hydroxyl groups is 2. The molecular weight excluding hydrogens is 355 g/mol. The summed E-state index contributed by atoms with van der Waals surface area (Å²) in [6.07, 6.45) is -4.38. The van der Waals surface area contributed by atoms with Crippen LogP contribution < -0.4 is 0 Å². The molecule has 0 heterocycles. The second kappa shape index (κ2) is 5.61. The topological polar surface area (TPSA) is 115 Å². The Morgan fingerprint density at radius 1 is 1.04 bits per heavy atom. The molecule has 0 bridgehead atoms. The maximum Gasteiger partial charge on any atom is 0.198 e. The van der Waals surface area contributed by atoms with Crippen LogP contribution in [-0.2, 0) is 12.8 Å². The van der Waals surface area contributed by atoms with Crippen molar-refractivity contribution in [3.8, 4) is 11.5 Å². The number of aliphatic hydroxyl groups excluding tert-OH is 1. The number of hydrogen-bond donors (Lipinski definition) is 4. The first-order valence-corrected chi connectivity index (χ1v) is 8.51. The Morgan fingerprint density at radius 3 is 2.00 bits per heavy atom. The normalized spacial score (nSPS) is 24.8. The Morgan fingerprint density at radius 2 is 1.52 bits per heavy atom. The molecule has 0 amide bonds. The first-order valence-electron chi connectivity index (χ1n) is 8.51. The van der Waals surface area contributed by atoms with Crippen LogP contribution in [0.3, 0.4) is 0 Å². The molecule has 3 unspecified atom stereocenters. The highest BCUT2D eigenvalue weighted by Crippen LogP contribution is 2.48. The molecule has 2 aromatic rings. The minimum atomic E-state index is -2.18. The Kier molecular flexibility index (Phi) is 3.66. The molecule has 0 radical (unpaired) electrons. The summed E-state index contributed by atoms with van der Waals surface area (Å²) in [5.74, 6) is -2.42. The van der Waals surface area contributed by atoms with Crippen LogP contribution in [0.15, 0.2) is 24.3 Å². The lowest BCUT2D eigenvalue weighted by Crippen LogP contribution is -2.54. The van der Waals surface area contributed by atoms with Crippen molar-refractivity contribution in [2.24, 2.45) is 0 Å². The lowest BCUT2D eigenvalue weighted by atomic mass is 9.72. The summed E-state index contributed by atoms with van der Waals surface area (Å²) in [5, 5.41) is 41.7. The number of phenolic OH excluding ortho intramolecular Hbond substituents is 2. The van der Waals surface area contributed by atoms with Crippen LogP contribution >= 0.6 is 0 Å². The van der Waals surface area contributed by atoms with Crippen LogP contribution in [0.25, 0.3) is 0 Å². The van der Waals surface area contributed by atoms with E-state index in [2.05, 4.69) is 0 Å². The van der Waals surface area contributed by atoms with Gasteiger partial charge in [-0.05, 0) is 6.92 Å². The van der Waals surface area contributed by atoms with Crippen LogP contribution in [0.4, 0.5) is 4.39 Å². The van der Waals surface area contributed by atoms with Gasteiger partial charge in [-0.3, -0.25) is 9.59 Å². The van der Waals surface area contributed by atoms with E-state index in [4.69, 9.17) is 0 Å². The lowest BCUT2D eigenvalue weighted by molar-refractivity contribution is -0.118. The minimum absolute atomic E-state index is 0.0374. The number of rotatable bonds is 1. The van der Waals surface area contributed by atoms with Crippen molar-refractivity contribution in [2.45, 2.75) is 37.6 Å². The number of aliphatic hydroxyl groups is 2. The number of fused-ring (bicyclic) bond motifs is 3. The molecule has 3 atom stereocenters. The number of carbonyl (C=O) groups excluding carboxylic acids is 2. The predicted octanol–water partition coefficient (Wildman–Crippen LogP) is 1.42. The number of alkyl halides is 1. The van der Waals surface area contributed by atoms with E-state index in [9.17, 15) is 34.4 Å². The molecule has 0 saturated carbocycles. The number of ketones is 2. The number of carbonyl (C=O) groups is 2. The van der Waals surface area contributed by atoms with Gasteiger partial charge in [0.15, 0.2) is 11.6 Å². The Hall–Kier alpha value is -2.77. The van der Waals surface area contributed by atoms with E-state index in [1.807, 2.05) is 0 Å². The first kappa shape index (κ1) is 17.6. The van der Waals surface area contributed by atoms with Crippen LogP contribution in [0.5, 0.6) is 11.5 Å². The van der Waals surface area contributed by atoms with Gasteiger partial charge < -0.3 is 20.4 Å². The highest BCUT2D eigenvalue weighted by atomic mass is 19.1. The standard InChI is InChI=1S/C20H17FO6/c1-8(22)20(27)7-12-11(6-13(20)21)18(25)14-15(19(12)26)17(24)10-5-3-2-4-9(10)16(14)23/h2-5,8,13,22,25-27H,6-7H2,1H3. The monoisotopic (exact) mass is 372 g/mol. The quantitative estimate of drug-likeness (QED) is 0.480. The van der Waals surface area contributed by atoms with Gasteiger partial charge in [0, 0.05) is 35.1 Å². The third kappa shape index (κ3) is 2.18. The third-order valence-corrected chi connectivity index (χ3v) is 5.64. The van der Waals surface area contributed by atoms with E-state index in [-0.39, 0.29) is 33.4 Å². The molecule has 0 spiro atoms. The third-order valence-electron chi connectivity index (χ3n) is 5.64. The van der Waals surface area contributed by atoms with Gasteiger partial charge in [0.2, 0.25) is 0 Å². The summed E-state index contributed by atoms with van der Waals surface area (Å²) < 4.78 is 14.6. The van der Waals surface area contributed by atoms with Gasteiger partial charge >= 0.3 is 0 Å². The van der Waals surface area contributed by atoms with Crippen molar-refractivity contribution in [3.63, 3.8) is 0 Å². The lowest BCUT2D eigenvalue weighted by Gasteiger charge is -2.39. The molecule has 140 valence electrons. The average molecular weight is 372 g/mol. The largest absolute Gasteiger partial charge is 0.507 e. The van der Waals surface area contributed by atoms with Gasteiger partial charge in [-0.25, -0.2) is 4.39 Å². The van der Waals surface area contributed by atoms with Gasteiger partial charge in [0.05, 0.1) is 17.2 Å². The van der Waals surface area contributed by atoms with Gasteiger partial charge in [-0.1, -0.05) is 24.3 Å². The average Bonchev–Trinajstić information content (AvgIpc) is 2.64.